The molecule has 0 aliphatic carbocycles. The number of carbonyl (C=O) groups is 1. The summed E-state index contributed by atoms with van der Waals surface area (Å²) in [5, 5.41) is 2.74. The van der Waals surface area contributed by atoms with Crippen molar-refractivity contribution in [3.05, 3.63) is 44.5 Å². The van der Waals surface area contributed by atoms with Crippen molar-refractivity contribution in [2.24, 2.45) is 0 Å². The molecule has 1 heterocycles. The lowest BCUT2D eigenvalue weighted by Crippen LogP contribution is -2.11. The summed E-state index contributed by atoms with van der Waals surface area (Å²) in [5.74, 6) is 0.466. The van der Waals surface area contributed by atoms with Gasteiger partial charge < -0.3 is 15.0 Å². The predicted octanol–water partition coefficient (Wildman–Crippen LogP) is 2.40. The molecule has 0 aliphatic heterocycles. The number of hydrogen-bond donors (Lipinski definition) is 2. The zero-order chi connectivity index (χ0) is 13.8. The number of aromatic amines is 1. The van der Waals surface area contributed by atoms with Gasteiger partial charge in [0.1, 0.15) is 10.6 Å². The third-order valence-corrected chi connectivity index (χ3v) is 3.44. The SMILES string of the molecule is CCOc1ccc(NC(=O)c2sc(=O)[nH]c2C)cc1. The van der Waals surface area contributed by atoms with E-state index < -0.39 is 0 Å². The molecule has 2 N–H and O–H groups in total. The summed E-state index contributed by atoms with van der Waals surface area (Å²) in [6.07, 6.45) is 0. The number of rotatable bonds is 4. The van der Waals surface area contributed by atoms with Crippen LogP contribution < -0.4 is 14.9 Å². The molecule has 1 aromatic heterocycles. The minimum Gasteiger partial charge on any atom is -0.494 e. The van der Waals surface area contributed by atoms with E-state index in [1.165, 1.54) is 0 Å². The highest BCUT2D eigenvalue weighted by Gasteiger charge is 2.13. The summed E-state index contributed by atoms with van der Waals surface area (Å²) in [7, 11) is 0. The van der Waals surface area contributed by atoms with Gasteiger partial charge in [0.25, 0.3) is 5.91 Å². The maximum absolute atomic E-state index is 12.0. The maximum Gasteiger partial charge on any atom is 0.305 e. The zero-order valence-electron chi connectivity index (χ0n) is 10.6. The number of ether oxygens (including phenoxy) is 1. The van der Waals surface area contributed by atoms with E-state index in [0.717, 1.165) is 17.1 Å². The van der Waals surface area contributed by atoms with Crippen molar-refractivity contribution in [2.75, 3.05) is 11.9 Å². The van der Waals surface area contributed by atoms with Crippen molar-refractivity contribution in [1.82, 2.24) is 4.98 Å². The lowest BCUT2D eigenvalue weighted by molar-refractivity contribution is 0.103. The van der Waals surface area contributed by atoms with Crippen LogP contribution in [0.4, 0.5) is 5.69 Å². The van der Waals surface area contributed by atoms with Gasteiger partial charge in [-0.1, -0.05) is 11.3 Å². The van der Waals surface area contributed by atoms with E-state index >= 15 is 0 Å². The summed E-state index contributed by atoms with van der Waals surface area (Å²) in [6, 6.07) is 7.08. The lowest BCUT2D eigenvalue weighted by atomic mass is 10.3. The Bertz CT molecular complexity index is 628. The largest absolute Gasteiger partial charge is 0.494 e. The quantitative estimate of drug-likeness (QED) is 0.902. The Balaban J connectivity index is 2.10. The van der Waals surface area contributed by atoms with Crippen LogP contribution in [-0.2, 0) is 0 Å². The summed E-state index contributed by atoms with van der Waals surface area (Å²) in [5.41, 5.74) is 1.24. The summed E-state index contributed by atoms with van der Waals surface area (Å²) in [6.45, 7) is 4.21. The molecule has 0 saturated heterocycles. The maximum atomic E-state index is 12.0. The van der Waals surface area contributed by atoms with Crippen LogP contribution in [-0.4, -0.2) is 17.5 Å². The Hall–Kier alpha value is -2.08. The van der Waals surface area contributed by atoms with E-state index in [1.54, 1.807) is 31.2 Å². The fourth-order valence-electron chi connectivity index (χ4n) is 1.61. The van der Waals surface area contributed by atoms with E-state index in [4.69, 9.17) is 4.74 Å². The zero-order valence-corrected chi connectivity index (χ0v) is 11.5. The minimum absolute atomic E-state index is 0.227. The highest BCUT2D eigenvalue weighted by atomic mass is 32.1. The summed E-state index contributed by atoms with van der Waals surface area (Å²) < 4.78 is 5.32. The predicted molar refractivity (Wildman–Crippen MR) is 75.2 cm³/mol. The normalized spacial score (nSPS) is 10.2. The first-order valence-corrected chi connectivity index (χ1v) is 6.65. The number of amides is 1. The molecule has 6 heteroatoms. The van der Waals surface area contributed by atoms with Crippen LogP contribution in [0.15, 0.2) is 29.1 Å². The molecule has 0 unspecified atom stereocenters. The van der Waals surface area contributed by atoms with E-state index in [0.29, 0.717) is 22.9 Å². The second-order valence-electron chi connectivity index (χ2n) is 3.88. The number of H-pyrrole nitrogens is 1. The van der Waals surface area contributed by atoms with E-state index in [-0.39, 0.29) is 10.8 Å². The molecule has 2 aromatic rings. The first-order valence-electron chi connectivity index (χ1n) is 5.84. The van der Waals surface area contributed by atoms with Crippen LogP contribution >= 0.6 is 11.3 Å². The number of carbonyl (C=O) groups excluding carboxylic acids is 1. The highest BCUT2D eigenvalue weighted by molar-refractivity contribution is 7.11. The lowest BCUT2D eigenvalue weighted by Gasteiger charge is -2.06. The number of anilines is 1. The second-order valence-corrected chi connectivity index (χ2v) is 4.86. The molecule has 0 aliphatic rings. The average molecular weight is 278 g/mol. The second kappa shape index (κ2) is 5.71. The van der Waals surface area contributed by atoms with Gasteiger partial charge in [-0.05, 0) is 38.1 Å². The molecule has 0 fully saturated rings. The average Bonchev–Trinajstić information content (AvgIpc) is 2.71. The van der Waals surface area contributed by atoms with Crippen molar-refractivity contribution in [1.29, 1.82) is 0 Å². The molecule has 2 rings (SSSR count). The third-order valence-electron chi connectivity index (χ3n) is 2.45. The molecule has 0 spiro atoms. The number of aromatic nitrogens is 1. The number of hydrogen-bond acceptors (Lipinski definition) is 4. The van der Waals surface area contributed by atoms with Crippen LogP contribution in [0.2, 0.25) is 0 Å². The topological polar surface area (TPSA) is 71.2 Å². The monoisotopic (exact) mass is 278 g/mol. The molecular weight excluding hydrogens is 264 g/mol. The van der Waals surface area contributed by atoms with Gasteiger partial charge in [0, 0.05) is 11.4 Å². The molecule has 0 bridgehead atoms. The molecule has 0 radical (unpaired) electrons. The van der Waals surface area contributed by atoms with Crippen LogP contribution in [0.3, 0.4) is 0 Å². The van der Waals surface area contributed by atoms with Crippen LogP contribution in [0.5, 0.6) is 5.75 Å². The first-order chi connectivity index (χ1) is 9.10. The highest BCUT2D eigenvalue weighted by Crippen LogP contribution is 2.17. The van der Waals surface area contributed by atoms with Crippen molar-refractivity contribution >= 4 is 22.9 Å². The molecule has 5 nitrogen and oxygen atoms in total. The van der Waals surface area contributed by atoms with Crippen molar-refractivity contribution in [2.45, 2.75) is 13.8 Å². The van der Waals surface area contributed by atoms with Crippen LogP contribution in [0, 0.1) is 6.92 Å². The van der Waals surface area contributed by atoms with Gasteiger partial charge in [-0.25, -0.2) is 0 Å². The van der Waals surface area contributed by atoms with E-state index in [1.807, 2.05) is 6.92 Å². The Morgan fingerprint density at radius 2 is 2.05 bits per heavy atom. The van der Waals surface area contributed by atoms with Gasteiger partial charge in [0.15, 0.2) is 0 Å². The van der Waals surface area contributed by atoms with Gasteiger partial charge in [-0.2, -0.15) is 0 Å². The van der Waals surface area contributed by atoms with Crippen LogP contribution in [0.25, 0.3) is 0 Å². The molecule has 0 atom stereocenters. The van der Waals surface area contributed by atoms with Crippen molar-refractivity contribution in [3.63, 3.8) is 0 Å². The number of benzene rings is 1. The summed E-state index contributed by atoms with van der Waals surface area (Å²) >= 11 is 0.905. The number of aryl methyl sites for hydroxylation is 1. The number of nitrogens with one attached hydrogen (secondary N) is 2. The van der Waals surface area contributed by atoms with Crippen LogP contribution in [0.1, 0.15) is 22.3 Å². The Labute approximate surface area is 114 Å². The van der Waals surface area contributed by atoms with Gasteiger partial charge in [-0.3, -0.25) is 9.59 Å². The Morgan fingerprint density at radius 3 is 2.58 bits per heavy atom. The van der Waals surface area contributed by atoms with Gasteiger partial charge in [0.2, 0.25) is 0 Å². The van der Waals surface area contributed by atoms with Gasteiger partial charge in [-0.15, -0.1) is 0 Å². The Kier molecular flexibility index (Phi) is 4.01. The fraction of sp³-hybridized carbons (Fsp3) is 0.231. The summed E-state index contributed by atoms with van der Waals surface area (Å²) in [4.78, 5) is 25.9. The molecule has 19 heavy (non-hydrogen) atoms. The van der Waals surface area contributed by atoms with Gasteiger partial charge in [0.05, 0.1) is 6.61 Å². The standard InChI is InChI=1S/C13H14N2O3S/c1-3-18-10-6-4-9(5-7-10)15-12(16)11-8(2)14-13(17)19-11/h4-7H,3H2,1-2H3,(H,14,17)(H,15,16). The smallest absolute Gasteiger partial charge is 0.305 e. The molecule has 0 saturated carbocycles. The fourth-order valence-corrected chi connectivity index (χ4v) is 2.35. The molecule has 100 valence electrons. The molecular formula is C13H14N2O3S. The third kappa shape index (κ3) is 3.23. The van der Waals surface area contributed by atoms with Crippen molar-refractivity contribution < 1.29 is 9.53 Å². The van der Waals surface area contributed by atoms with Gasteiger partial charge >= 0.3 is 4.87 Å². The number of thiazole rings is 1. The van der Waals surface area contributed by atoms with Crippen molar-refractivity contribution in [3.8, 4) is 5.75 Å². The first kappa shape index (κ1) is 13.4. The van der Waals surface area contributed by atoms with E-state index in [9.17, 15) is 9.59 Å². The Morgan fingerprint density at radius 1 is 1.37 bits per heavy atom. The van der Waals surface area contributed by atoms with E-state index in [2.05, 4.69) is 10.3 Å². The molecule has 1 amide bonds. The minimum atomic E-state index is -0.287. The molecule has 1 aromatic carbocycles.